The van der Waals surface area contributed by atoms with Gasteiger partial charge in [-0.05, 0) is 35.6 Å². The average molecular weight is 248 g/mol. The largest absolute Gasteiger partial charge is 0.386 e. The first-order valence-electron chi connectivity index (χ1n) is 5.98. The number of benzene rings is 1. The Morgan fingerprint density at radius 3 is 2.88 bits per heavy atom. The zero-order chi connectivity index (χ0) is 11.8. The van der Waals surface area contributed by atoms with Gasteiger partial charge in [0, 0.05) is 17.4 Å². The number of rotatable bonds is 4. The van der Waals surface area contributed by atoms with Crippen molar-refractivity contribution in [3.63, 3.8) is 0 Å². The minimum atomic E-state index is -0.505. The van der Waals surface area contributed by atoms with E-state index in [9.17, 15) is 5.11 Å². The first-order chi connectivity index (χ1) is 8.31. The Morgan fingerprint density at radius 2 is 2.18 bits per heavy atom. The third kappa shape index (κ3) is 1.99. The lowest BCUT2D eigenvalue weighted by molar-refractivity contribution is -0.0251. The predicted molar refractivity (Wildman–Crippen MR) is 70.3 cm³/mol. The number of thiophene rings is 1. The summed E-state index contributed by atoms with van der Waals surface area (Å²) in [5.41, 5.74) is 1.01. The molecule has 3 rings (SSSR count). The standard InChI is InChI=1S/C14H16O2S/c1-16-13(9-5-6-9)12(15)11-4-2-3-10-7-8-17-14(10)11/h2-4,7-9,12-13,15H,5-6H2,1H3. The molecule has 2 atom stereocenters. The molecule has 3 heteroatoms. The highest BCUT2D eigenvalue weighted by Gasteiger charge is 2.37. The summed E-state index contributed by atoms with van der Waals surface area (Å²) in [6.45, 7) is 0. The van der Waals surface area contributed by atoms with Crippen LogP contribution in [-0.4, -0.2) is 18.3 Å². The topological polar surface area (TPSA) is 29.5 Å². The summed E-state index contributed by atoms with van der Waals surface area (Å²) in [6, 6.07) is 8.20. The summed E-state index contributed by atoms with van der Waals surface area (Å²) in [4.78, 5) is 0. The molecule has 0 amide bonds. The van der Waals surface area contributed by atoms with Crippen LogP contribution in [-0.2, 0) is 4.74 Å². The molecule has 1 N–H and O–H groups in total. The van der Waals surface area contributed by atoms with Crippen LogP contribution in [0.4, 0.5) is 0 Å². The van der Waals surface area contributed by atoms with Gasteiger partial charge in [-0.2, -0.15) is 0 Å². The molecule has 0 bridgehead atoms. The van der Waals surface area contributed by atoms with Crippen molar-refractivity contribution in [1.29, 1.82) is 0 Å². The van der Waals surface area contributed by atoms with Gasteiger partial charge in [-0.3, -0.25) is 0 Å². The van der Waals surface area contributed by atoms with Gasteiger partial charge >= 0.3 is 0 Å². The summed E-state index contributed by atoms with van der Waals surface area (Å²) in [7, 11) is 1.70. The Labute approximate surface area is 105 Å². The van der Waals surface area contributed by atoms with Crippen molar-refractivity contribution in [2.24, 2.45) is 5.92 Å². The van der Waals surface area contributed by atoms with E-state index in [2.05, 4.69) is 17.5 Å². The Kier molecular flexibility index (Phi) is 2.90. The Balaban J connectivity index is 1.98. The molecule has 17 heavy (non-hydrogen) atoms. The van der Waals surface area contributed by atoms with Crippen LogP contribution < -0.4 is 0 Å². The normalized spacial score (nSPS) is 19.4. The van der Waals surface area contributed by atoms with E-state index in [1.165, 1.54) is 22.9 Å². The van der Waals surface area contributed by atoms with Crippen molar-refractivity contribution in [3.8, 4) is 0 Å². The van der Waals surface area contributed by atoms with Gasteiger partial charge in [0.1, 0.15) is 6.10 Å². The summed E-state index contributed by atoms with van der Waals surface area (Å²) in [5.74, 6) is 0.533. The summed E-state index contributed by atoms with van der Waals surface area (Å²) in [6.07, 6.45) is 1.80. The van der Waals surface area contributed by atoms with E-state index in [-0.39, 0.29) is 6.10 Å². The fourth-order valence-electron chi connectivity index (χ4n) is 2.43. The zero-order valence-electron chi connectivity index (χ0n) is 9.80. The molecular formula is C14H16O2S. The maximum absolute atomic E-state index is 10.5. The Bertz CT molecular complexity index is 516. The minimum absolute atomic E-state index is 0.0531. The molecule has 1 aliphatic rings. The van der Waals surface area contributed by atoms with Gasteiger partial charge in [0.15, 0.2) is 0 Å². The van der Waals surface area contributed by atoms with Gasteiger partial charge in [0.05, 0.1) is 6.10 Å². The smallest absolute Gasteiger partial charge is 0.107 e. The molecule has 1 aromatic carbocycles. The first-order valence-corrected chi connectivity index (χ1v) is 6.86. The van der Waals surface area contributed by atoms with Gasteiger partial charge in [-0.1, -0.05) is 18.2 Å². The molecule has 1 fully saturated rings. The predicted octanol–water partition coefficient (Wildman–Crippen LogP) is 3.36. The van der Waals surface area contributed by atoms with Crippen LogP contribution in [0, 0.1) is 5.92 Å². The van der Waals surface area contributed by atoms with Crippen LogP contribution in [0.15, 0.2) is 29.6 Å². The van der Waals surface area contributed by atoms with Crippen LogP contribution in [0.1, 0.15) is 24.5 Å². The van der Waals surface area contributed by atoms with E-state index in [0.717, 1.165) is 5.56 Å². The third-order valence-corrected chi connectivity index (χ3v) is 4.48. The second kappa shape index (κ2) is 4.41. The number of methoxy groups -OCH3 is 1. The number of ether oxygens (including phenoxy) is 1. The second-order valence-electron chi connectivity index (χ2n) is 4.67. The van der Waals surface area contributed by atoms with Crippen molar-refractivity contribution in [2.75, 3.05) is 7.11 Å². The lowest BCUT2D eigenvalue weighted by Gasteiger charge is -2.22. The van der Waals surface area contributed by atoms with E-state index in [4.69, 9.17) is 4.74 Å². The van der Waals surface area contributed by atoms with Crippen LogP contribution in [0.25, 0.3) is 10.1 Å². The third-order valence-electron chi connectivity index (χ3n) is 3.50. The molecule has 2 unspecified atom stereocenters. The van der Waals surface area contributed by atoms with Gasteiger partial charge in [0.25, 0.3) is 0 Å². The van der Waals surface area contributed by atoms with Gasteiger partial charge in [0.2, 0.25) is 0 Å². The Hall–Kier alpha value is -0.900. The van der Waals surface area contributed by atoms with Crippen molar-refractivity contribution in [2.45, 2.75) is 25.0 Å². The highest BCUT2D eigenvalue weighted by molar-refractivity contribution is 7.17. The highest BCUT2D eigenvalue weighted by Crippen LogP contribution is 2.41. The lowest BCUT2D eigenvalue weighted by Crippen LogP contribution is -2.23. The van der Waals surface area contributed by atoms with Crippen LogP contribution in [0.5, 0.6) is 0 Å². The number of aliphatic hydroxyl groups is 1. The SMILES string of the molecule is COC(C1CC1)C(O)c1cccc2ccsc12. The Morgan fingerprint density at radius 1 is 1.35 bits per heavy atom. The second-order valence-corrected chi connectivity index (χ2v) is 5.58. The summed E-state index contributed by atoms with van der Waals surface area (Å²) < 4.78 is 6.65. The number of fused-ring (bicyclic) bond motifs is 1. The van der Waals surface area contributed by atoms with Crippen LogP contribution in [0.2, 0.25) is 0 Å². The fraction of sp³-hybridized carbons (Fsp3) is 0.429. The van der Waals surface area contributed by atoms with Crippen LogP contribution in [0.3, 0.4) is 0 Å². The van der Waals surface area contributed by atoms with Crippen molar-refractivity contribution in [1.82, 2.24) is 0 Å². The number of aliphatic hydroxyl groups excluding tert-OH is 1. The van der Waals surface area contributed by atoms with E-state index in [1.807, 2.05) is 12.1 Å². The number of hydrogen-bond acceptors (Lipinski definition) is 3. The van der Waals surface area contributed by atoms with Crippen molar-refractivity contribution in [3.05, 3.63) is 35.2 Å². The van der Waals surface area contributed by atoms with Gasteiger partial charge in [-0.15, -0.1) is 11.3 Å². The van der Waals surface area contributed by atoms with E-state index < -0.39 is 6.10 Å². The van der Waals surface area contributed by atoms with Crippen LogP contribution >= 0.6 is 11.3 Å². The monoisotopic (exact) mass is 248 g/mol. The molecule has 2 nitrogen and oxygen atoms in total. The summed E-state index contributed by atoms with van der Waals surface area (Å²) >= 11 is 1.69. The highest BCUT2D eigenvalue weighted by atomic mass is 32.1. The van der Waals surface area contributed by atoms with Crippen molar-refractivity contribution < 1.29 is 9.84 Å². The van der Waals surface area contributed by atoms with Gasteiger partial charge in [-0.25, -0.2) is 0 Å². The molecular weight excluding hydrogens is 232 g/mol. The molecule has 1 saturated carbocycles. The molecule has 1 aromatic heterocycles. The first kappa shape index (κ1) is 11.2. The molecule has 0 spiro atoms. The quantitative estimate of drug-likeness (QED) is 0.899. The van der Waals surface area contributed by atoms with E-state index >= 15 is 0 Å². The lowest BCUT2D eigenvalue weighted by atomic mass is 10.00. The molecule has 2 aromatic rings. The minimum Gasteiger partial charge on any atom is -0.386 e. The molecule has 1 heterocycles. The van der Waals surface area contributed by atoms with Gasteiger partial charge < -0.3 is 9.84 Å². The molecule has 0 radical (unpaired) electrons. The van der Waals surface area contributed by atoms with E-state index in [1.54, 1.807) is 18.4 Å². The van der Waals surface area contributed by atoms with E-state index in [0.29, 0.717) is 5.92 Å². The fourth-order valence-corrected chi connectivity index (χ4v) is 3.38. The molecule has 0 saturated heterocycles. The summed E-state index contributed by atoms with van der Waals surface area (Å²) in [5, 5.41) is 13.8. The molecule has 1 aliphatic carbocycles. The molecule has 90 valence electrons. The van der Waals surface area contributed by atoms with Crippen molar-refractivity contribution >= 4 is 21.4 Å². The number of hydrogen-bond donors (Lipinski definition) is 1. The maximum Gasteiger partial charge on any atom is 0.107 e. The maximum atomic E-state index is 10.5. The zero-order valence-corrected chi connectivity index (χ0v) is 10.6. The average Bonchev–Trinajstić information content (AvgIpc) is 3.06. The molecule has 0 aliphatic heterocycles.